The molecule has 2 aromatic rings. The van der Waals surface area contributed by atoms with Gasteiger partial charge in [-0.1, -0.05) is 6.07 Å². The first-order chi connectivity index (χ1) is 9.20. The van der Waals surface area contributed by atoms with Crippen molar-refractivity contribution in [2.75, 3.05) is 12.0 Å². The van der Waals surface area contributed by atoms with Crippen molar-refractivity contribution in [1.29, 1.82) is 0 Å². The minimum absolute atomic E-state index is 0.0406. The van der Waals surface area contributed by atoms with E-state index in [9.17, 15) is 23.1 Å². The topological polar surface area (TPSA) is 109 Å². The minimum Gasteiger partial charge on any atom is -0.478 e. The number of aromatic carboxylic acids is 1. The number of hydrogen-bond acceptors (Lipinski definition) is 4. The summed E-state index contributed by atoms with van der Waals surface area (Å²) in [6.45, 7) is 1.56. The smallest absolute Gasteiger partial charge is 0.337 e. The summed E-state index contributed by atoms with van der Waals surface area (Å²) in [4.78, 5) is 25.7. The van der Waals surface area contributed by atoms with Crippen LogP contribution in [0, 0.1) is 0 Å². The first kappa shape index (κ1) is 14.3. The van der Waals surface area contributed by atoms with Gasteiger partial charge >= 0.3 is 11.7 Å². The van der Waals surface area contributed by atoms with Gasteiger partial charge in [0.25, 0.3) is 0 Å². The highest BCUT2D eigenvalue weighted by Gasteiger charge is 2.21. The summed E-state index contributed by atoms with van der Waals surface area (Å²) in [5, 5.41) is 9.18. The van der Waals surface area contributed by atoms with Crippen molar-refractivity contribution in [2.24, 2.45) is 0 Å². The molecule has 1 aromatic heterocycles. The largest absolute Gasteiger partial charge is 0.478 e. The molecule has 8 heteroatoms. The predicted molar refractivity (Wildman–Crippen MR) is 73.9 cm³/mol. The van der Waals surface area contributed by atoms with Gasteiger partial charge in [-0.2, -0.15) is 0 Å². The van der Waals surface area contributed by atoms with E-state index in [1.165, 1.54) is 16.7 Å². The van der Waals surface area contributed by atoms with E-state index < -0.39 is 27.5 Å². The Morgan fingerprint density at radius 2 is 2.10 bits per heavy atom. The number of benzene rings is 1. The Labute approximate surface area is 114 Å². The summed E-state index contributed by atoms with van der Waals surface area (Å²) in [6.07, 6.45) is 1.07. The maximum atomic E-state index is 12.0. The number of carboxylic acids is 1. The van der Waals surface area contributed by atoms with E-state index in [1.54, 1.807) is 13.0 Å². The van der Waals surface area contributed by atoms with E-state index >= 15 is 0 Å². The molecule has 0 fully saturated rings. The highest BCUT2D eigenvalue weighted by Crippen LogP contribution is 2.20. The summed E-state index contributed by atoms with van der Waals surface area (Å²) >= 11 is 0. The number of fused-ring (bicyclic) bond motifs is 1. The summed E-state index contributed by atoms with van der Waals surface area (Å²) in [7, 11) is -3.29. The van der Waals surface area contributed by atoms with Crippen LogP contribution in [0.3, 0.4) is 0 Å². The second-order valence-corrected chi connectivity index (χ2v) is 6.93. The molecule has 1 atom stereocenters. The third-order valence-corrected chi connectivity index (χ3v) is 4.04. The summed E-state index contributed by atoms with van der Waals surface area (Å²) < 4.78 is 23.9. The second kappa shape index (κ2) is 4.78. The van der Waals surface area contributed by atoms with Crippen molar-refractivity contribution in [3.63, 3.8) is 0 Å². The number of carbonyl (C=O) groups is 1. The number of sulfone groups is 1. The molecule has 0 saturated heterocycles. The van der Waals surface area contributed by atoms with Gasteiger partial charge < -0.3 is 10.1 Å². The van der Waals surface area contributed by atoms with Crippen molar-refractivity contribution in [2.45, 2.75) is 13.0 Å². The number of nitrogens with zero attached hydrogens (tertiary/aromatic N) is 1. The van der Waals surface area contributed by atoms with Crippen LogP contribution in [-0.4, -0.2) is 41.1 Å². The van der Waals surface area contributed by atoms with Crippen LogP contribution in [0.1, 0.15) is 23.3 Å². The normalized spacial score (nSPS) is 13.5. The Bertz CT molecular complexity index is 831. The fraction of sp³-hybridized carbons (Fsp3) is 0.333. The molecule has 0 amide bonds. The monoisotopic (exact) mass is 298 g/mol. The molecule has 1 heterocycles. The van der Waals surface area contributed by atoms with Gasteiger partial charge in [0.2, 0.25) is 0 Å². The maximum Gasteiger partial charge on any atom is 0.337 e. The first-order valence-corrected chi connectivity index (χ1v) is 7.91. The zero-order valence-corrected chi connectivity index (χ0v) is 11.8. The second-order valence-electron chi connectivity index (χ2n) is 4.75. The number of aromatic amines is 1. The SMILES string of the molecule is CC(CS(C)(=O)=O)n1c(=O)[nH]c2cccc(C(=O)O)c21. The average molecular weight is 298 g/mol. The van der Waals surface area contributed by atoms with Gasteiger partial charge in [-0.15, -0.1) is 0 Å². The van der Waals surface area contributed by atoms with Gasteiger partial charge in [-0.25, -0.2) is 18.0 Å². The van der Waals surface area contributed by atoms with E-state index in [2.05, 4.69) is 4.98 Å². The molecule has 0 aliphatic carbocycles. The standard InChI is InChI=1S/C12H14N2O5S/c1-7(6-20(2,18)19)14-10-8(11(15)16)4-3-5-9(10)13-12(14)17/h3-5,7H,6H2,1-2H3,(H,13,17)(H,15,16). The van der Waals surface area contributed by atoms with Gasteiger partial charge in [-0.3, -0.25) is 4.57 Å². The Kier molecular flexibility index (Phi) is 3.43. The van der Waals surface area contributed by atoms with E-state index in [0.29, 0.717) is 5.52 Å². The Morgan fingerprint density at radius 1 is 1.45 bits per heavy atom. The molecule has 0 bridgehead atoms. The lowest BCUT2D eigenvalue weighted by Gasteiger charge is -2.13. The van der Waals surface area contributed by atoms with Crippen LogP contribution in [0.25, 0.3) is 11.0 Å². The molecular formula is C12H14N2O5S. The van der Waals surface area contributed by atoms with Crippen LogP contribution < -0.4 is 5.69 Å². The lowest BCUT2D eigenvalue weighted by Crippen LogP contribution is -2.26. The van der Waals surface area contributed by atoms with Crippen molar-refractivity contribution >= 4 is 26.8 Å². The van der Waals surface area contributed by atoms with Crippen LogP contribution >= 0.6 is 0 Å². The molecule has 108 valence electrons. The highest BCUT2D eigenvalue weighted by atomic mass is 32.2. The number of nitrogens with one attached hydrogen (secondary N) is 1. The van der Waals surface area contributed by atoms with Crippen LogP contribution in [0.15, 0.2) is 23.0 Å². The number of aromatic nitrogens is 2. The average Bonchev–Trinajstić information content (AvgIpc) is 2.61. The Balaban J connectivity index is 2.72. The third kappa shape index (κ3) is 2.60. The van der Waals surface area contributed by atoms with E-state index in [0.717, 1.165) is 6.26 Å². The molecule has 0 spiro atoms. The lowest BCUT2D eigenvalue weighted by molar-refractivity contribution is 0.0698. The highest BCUT2D eigenvalue weighted by molar-refractivity contribution is 7.90. The summed E-state index contributed by atoms with van der Waals surface area (Å²) in [5.41, 5.74) is 0.0162. The fourth-order valence-corrected chi connectivity index (χ4v) is 3.31. The van der Waals surface area contributed by atoms with Crippen molar-refractivity contribution in [3.05, 3.63) is 34.2 Å². The lowest BCUT2D eigenvalue weighted by atomic mass is 10.1. The molecule has 1 unspecified atom stereocenters. The molecule has 2 N–H and O–H groups in total. The number of H-pyrrole nitrogens is 1. The minimum atomic E-state index is -3.29. The van der Waals surface area contributed by atoms with Gasteiger partial charge in [0.1, 0.15) is 9.84 Å². The van der Waals surface area contributed by atoms with Crippen LogP contribution in [-0.2, 0) is 9.84 Å². The summed E-state index contributed by atoms with van der Waals surface area (Å²) in [5.74, 6) is -1.41. The van der Waals surface area contributed by atoms with Crippen molar-refractivity contribution < 1.29 is 18.3 Å². The van der Waals surface area contributed by atoms with Gasteiger partial charge in [0, 0.05) is 12.3 Å². The summed E-state index contributed by atoms with van der Waals surface area (Å²) in [6, 6.07) is 3.81. The zero-order chi connectivity index (χ0) is 15.1. The molecule has 20 heavy (non-hydrogen) atoms. The molecule has 0 saturated carbocycles. The molecule has 0 aliphatic rings. The molecule has 1 aromatic carbocycles. The van der Waals surface area contributed by atoms with Crippen LogP contribution in [0.4, 0.5) is 0 Å². The fourth-order valence-electron chi connectivity index (χ4n) is 2.29. The number of hydrogen-bond donors (Lipinski definition) is 2. The number of carboxylic acid groups (broad SMARTS) is 1. The molecular weight excluding hydrogens is 284 g/mol. The van der Waals surface area contributed by atoms with Gasteiger partial charge in [0.05, 0.1) is 22.3 Å². The van der Waals surface area contributed by atoms with Crippen LogP contribution in [0.2, 0.25) is 0 Å². The van der Waals surface area contributed by atoms with E-state index in [4.69, 9.17) is 0 Å². The number of para-hydroxylation sites is 1. The molecule has 0 aliphatic heterocycles. The molecule has 0 radical (unpaired) electrons. The van der Waals surface area contributed by atoms with Crippen molar-refractivity contribution in [1.82, 2.24) is 9.55 Å². The quantitative estimate of drug-likeness (QED) is 0.860. The van der Waals surface area contributed by atoms with E-state index in [-0.39, 0.29) is 16.8 Å². The Hall–Kier alpha value is -2.09. The molecule has 7 nitrogen and oxygen atoms in total. The number of imidazole rings is 1. The van der Waals surface area contributed by atoms with Crippen molar-refractivity contribution in [3.8, 4) is 0 Å². The number of rotatable bonds is 4. The molecule has 2 rings (SSSR count). The zero-order valence-electron chi connectivity index (χ0n) is 11.0. The predicted octanol–water partition coefficient (Wildman–Crippen LogP) is 0.633. The maximum absolute atomic E-state index is 12.0. The first-order valence-electron chi connectivity index (χ1n) is 5.85. The third-order valence-electron chi connectivity index (χ3n) is 2.95. The van der Waals surface area contributed by atoms with Crippen LogP contribution in [0.5, 0.6) is 0 Å². The van der Waals surface area contributed by atoms with Gasteiger partial charge in [-0.05, 0) is 19.1 Å². The van der Waals surface area contributed by atoms with E-state index in [1.807, 2.05) is 0 Å². The van der Waals surface area contributed by atoms with Gasteiger partial charge in [0.15, 0.2) is 0 Å². The Morgan fingerprint density at radius 3 is 2.65 bits per heavy atom.